The monoisotopic (exact) mass is 278 g/mol. The summed E-state index contributed by atoms with van der Waals surface area (Å²) in [5.74, 6) is 5.32. The lowest BCUT2D eigenvalue weighted by molar-refractivity contribution is -0.241. The van der Waals surface area contributed by atoms with Gasteiger partial charge in [-0.25, -0.2) is 10.6 Å². The van der Waals surface area contributed by atoms with Crippen molar-refractivity contribution in [2.45, 2.75) is 12.5 Å². The van der Waals surface area contributed by atoms with Crippen molar-refractivity contribution in [3.8, 4) is 0 Å². The van der Waals surface area contributed by atoms with Crippen LogP contribution < -0.4 is 5.84 Å². The molecule has 112 valence electrons. The number of carbonyl (C=O) groups is 1. The molecule has 1 aliphatic heterocycles. The van der Waals surface area contributed by atoms with E-state index >= 15 is 0 Å². The van der Waals surface area contributed by atoms with Crippen LogP contribution in [-0.4, -0.2) is 75.1 Å². The first-order chi connectivity index (χ1) is 9.10. The second-order valence-electron chi connectivity index (χ2n) is 4.01. The minimum atomic E-state index is -0.625. The summed E-state index contributed by atoms with van der Waals surface area (Å²) in [5, 5.41) is 3.17. The lowest BCUT2D eigenvalue weighted by Crippen LogP contribution is -2.52. The lowest BCUT2D eigenvalue weighted by Gasteiger charge is -2.30. The summed E-state index contributed by atoms with van der Waals surface area (Å²) >= 11 is 0. The van der Waals surface area contributed by atoms with E-state index in [1.165, 1.54) is 14.2 Å². The van der Waals surface area contributed by atoms with Crippen LogP contribution in [0.25, 0.3) is 0 Å². The minimum absolute atomic E-state index is 0.266. The molecule has 9 nitrogen and oxygen atoms in total. The number of amides is 2. The van der Waals surface area contributed by atoms with Crippen LogP contribution in [0.3, 0.4) is 0 Å². The van der Waals surface area contributed by atoms with Gasteiger partial charge in [-0.3, -0.25) is 9.68 Å². The summed E-state index contributed by atoms with van der Waals surface area (Å²) < 4.78 is 10.4. The van der Waals surface area contributed by atoms with E-state index in [4.69, 9.17) is 20.2 Å². The van der Waals surface area contributed by atoms with Gasteiger partial charge >= 0.3 is 6.03 Å². The first-order valence-corrected chi connectivity index (χ1v) is 5.97. The van der Waals surface area contributed by atoms with Crippen LogP contribution in [0.2, 0.25) is 0 Å². The zero-order valence-corrected chi connectivity index (χ0v) is 11.6. The van der Waals surface area contributed by atoms with Crippen molar-refractivity contribution >= 4 is 6.03 Å². The summed E-state index contributed by atoms with van der Waals surface area (Å²) in [6.45, 7) is 2.57. The fraction of sp³-hybridized carbons (Fsp3) is 0.900. The second kappa shape index (κ2) is 8.25. The van der Waals surface area contributed by atoms with Crippen molar-refractivity contribution in [3.05, 3.63) is 0 Å². The highest BCUT2D eigenvalue weighted by Gasteiger charge is 2.24. The van der Waals surface area contributed by atoms with Gasteiger partial charge in [-0.1, -0.05) is 0 Å². The van der Waals surface area contributed by atoms with Gasteiger partial charge in [0, 0.05) is 20.2 Å². The van der Waals surface area contributed by atoms with E-state index in [9.17, 15) is 4.79 Å². The first-order valence-electron chi connectivity index (χ1n) is 5.97. The van der Waals surface area contributed by atoms with Gasteiger partial charge in [0.15, 0.2) is 0 Å². The Balaban J connectivity index is 2.19. The molecule has 1 fully saturated rings. The predicted molar refractivity (Wildman–Crippen MR) is 65.1 cm³/mol. The van der Waals surface area contributed by atoms with Gasteiger partial charge < -0.3 is 9.47 Å². The molecule has 0 aromatic rings. The van der Waals surface area contributed by atoms with E-state index < -0.39 is 6.03 Å². The van der Waals surface area contributed by atoms with Crippen molar-refractivity contribution in [3.63, 3.8) is 0 Å². The maximum absolute atomic E-state index is 11.7. The van der Waals surface area contributed by atoms with Crippen LogP contribution in [0.1, 0.15) is 6.42 Å². The number of nitrogens with two attached hydrogens (primary N) is 1. The first kappa shape index (κ1) is 16.1. The Morgan fingerprint density at radius 3 is 2.63 bits per heavy atom. The van der Waals surface area contributed by atoms with Crippen LogP contribution in [0.4, 0.5) is 4.79 Å². The Labute approximate surface area is 112 Å². The molecular weight excluding hydrogens is 256 g/mol. The molecule has 0 radical (unpaired) electrons. The summed E-state index contributed by atoms with van der Waals surface area (Å²) in [6.07, 6.45) is 1.01. The summed E-state index contributed by atoms with van der Waals surface area (Å²) in [6, 6.07) is -0.625. The summed E-state index contributed by atoms with van der Waals surface area (Å²) in [7, 11) is 4.37. The van der Waals surface area contributed by atoms with E-state index in [1.54, 1.807) is 12.1 Å². The van der Waals surface area contributed by atoms with Gasteiger partial charge in [0.25, 0.3) is 0 Å². The number of hydroxylamine groups is 2. The number of hydrazine groups is 2. The lowest BCUT2D eigenvalue weighted by atomic mass is 10.4. The van der Waals surface area contributed by atoms with Crippen molar-refractivity contribution in [2.75, 3.05) is 47.6 Å². The van der Waals surface area contributed by atoms with Crippen LogP contribution in [0, 0.1) is 0 Å². The van der Waals surface area contributed by atoms with E-state index in [0.717, 1.165) is 18.2 Å². The topological polar surface area (TPSA) is 93.0 Å². The zero-order chi connectivity index (χ0) is 14.3. The van der Waals surface area contributed by atoms with Crippen molar-refractivity contribution < 1.29 is 23.9 Å². The molecule has 0 aromatic heterocycles. The average molecular weight is 278 g/mol. The van der Waals surface area contributed by atoms with Crippen LogP contribution in [-0.2, 0) is 19.1 Å². The van der Waals surface area contributed by atoms with Crippen LogP contribution in [0.15, 0.2) is 0 Å². The Morgan fingerprint density at radius 1 is 1.42 bits per heavy atom. The normalized spacial score (nSPS) is 17.6. The average Bonchev–Trinajstić information content (AvgIpc) is 3.22. The minimum Gasteiger partial charge on any atom is -0.379 e. The van der Waals surface area contributed by atoms with Gasteiger partial charge in [0.1, 0.15) is 6.10 Å². The Morgan fingerprint density at radius 2 is 2.11 bits per heavy atom. The molecule has 0 bridgehead atoms. The number of hydrogen-bond acceptors (Lipinski definition) is 7. The van der Waals surface area contributed by atoms with Crippen molar-refractivity contribution in [2.24, 2.45) is 5.84 Å². The maximum Gasteiger partial charge on any atom is 0.398 e. The van der Waals surface area contributed by atoms with Crippen molar-refractivity contribution in [1.29, 1.82) is 0 Å². The predicted octanol–water partition coefficient (Wildman–Crippen LogP) is -0.641. The molecule has 1 aliphatic rings. The third-order valence-corrected chi connectivity index (χ3v) is 2.51. The van der Waals surface area contributed by atoms with Crippen LogP contribution >= 0.6 is 0 Å². The largest absolute Gasteiger partial charge is 0.398 e. The fourth-order valence-corrected chi connectivity index (χ4v) is 1.39. The summed E-state index contributed by atoms with van der Waals surface area (Å²) in [5.41, 5.74) is 0. The van der Waals surface area contributed by atoms with E-state index in [-0.39, 0.29) is 6.10 Å². The van der Waals surface area contributed by atoms with Gasteiger partial charge in [-0.05, 0) is 6.42 Å². The summed E-state index contributed by atoms with van der Waals surface area (Å²) in [4.78, 5) is 21.3. The van der Waals surface area contributed by atoms with Gasteiger partial charge in [-0.2, -0.15) is 5.01 Å². The van der Waals surface area contributed by atoms with Crippen LogP contribution in [0.5, 0.6) is 0 Å². The molecule has 0 spiro atoms. The van der Waals surface area contributed by atoms with Gasteiger partial charge in [-0.15, -0.1) is 10.3 Å². The number of urea groups is 1. The third kappa shape index (κ3) is 5.68. The molecule has 2 amide bonds. The highest BCUT2D eigenvalue weighted by molar-refractivity contribution is 5.70. The Hall–Kier alpha value is -0.970. The standard InChI is InChI=1S/C10H22N4O5/c1-12(5-4-6-18-7-9-8-19-9)14(17-3)10(15)13(11)16-2/h9H,4-8,11H2,1-3H3. The fourth-order valence-electron chi connectivity index (χ4n) is 1.39. The molecule has 19 heavy (non-hydrogen) atoms. The number of nitrogens with zero attached hydrogens (tertiary/aromatic N) is 3. The molecule has 0 saturated carbocycles. The quantitative estimate of drug-likeness (QED) is 0.197. The number of carbonyl (C=O) groups excluding carboxylic acids is 1. The van der Waals surface area contributed by atoms with E-state index in [1.807, 2.05) is 0 Å². The molecule has 1 rings (SSSR count). The van der Waals surface area contributed by atoms with Gasteiger partial charge in [0.2, 0.25) is 0 Å². The number of epoxide rings is 1. The Kier molecular flexibility index (Phi) is 6.99. The van der Waals surface area contributed by atoms with E-state index in [2.05, 4.69) is 4.84 Å². The molecule has 1 heterocycles. The SMILES string of the molecule is CON(N)C(=O)N(OC)N(C)CCCOCC1CO1. The molecule has 2 N–H and O–H groups in total. The molecular formula is C10H22N4O5. The van der Waals surface area contributed by atoms with Gasteiger partial charge in [0.05, 0.1) is 27.4 Å². The molecule has 1 unspecified atom stereocenters. The maximum atomic E-state index is 11.7. The number of ether oxygens (including phenoxy) is 2. The molecule has 0 aromatic carbocycles. The number of rotatable bonds is 9. The molecule has 9 heteroatoms. The van der Waals surface area contributed by atoms with Crippen molar-refractivity contribution in [1.82, 2.24) is 15.4 Å². The molecule has 1 saturated heterocycles. The Bertz CT molecular complexity index is 277. The third-order valence-electron chi connectivity index (χ3n) is 2.51. The number of hydrogen-bond donors (Lipinski definition) is 1. The highest BCUT2D eigenvalue weighted by atomic mass is 16.8. The second-order valence-corrected chi connectivity index (χ2v) is 4.01. The highest BCUT2D eigenvalue weighted by Crippen LogP contribution is 2.08. The van der Waals surface area contributed by atoms with E-state index in [0.29, 0.717) is 24.9 Å². The molecule has 0 aliphatic carbocycles. The zero-order valence-electron chi connectivity index (χ0n) is 11.6. The smallest absolute Gasteiger partial charge is 0.379 e. The molecule has 1 atom stereocenters.